The van der Waals surface area contributed by atoms with Crippen LogP contribution in [0.15, 0.2) is 81.0 Å². The Balaban J connectivity index is 1.64. The van der Waals surface area contributed by atoms with Crippen molar-refractivity contribution in [1.82, 2.24) is 5.32 Å². The molecule has 2 aromatic carbocycles. The number of hydrogen-bond acceptors (Lipinski definition) is 4. The first-order valence-corrected chi connectivity index (χ1v) is 9.00. The minimum Gasteiger partial charge on any atom is -0.457 e. The molecule has 4 rings (SSSR count). The first-order chi connectivity index (χ1) is 12.7. The molecule has 1 aliphatic heterocycles. The third-order valence-electron chi connectivity index (χ3n) is 3.89. The highest BCUT2D eigenvalue weighted by Gasteiger charge is 2.24. The van der Waals surface area contributed by atoms with E-state index in [1.54, 1.807) is 0 Å². The van der Waals surface area contributed by atoms with Gasteiger partial charge in [0.15, 0.2) is 0 Å². The molecule has 0 aliphatic carbocycles. The fourth-order valence-electron chi connectivity index (χ4n) is 2.58. The second-order valence-corrected chi connectivity index (χ2v) is 6.90. The lowest BCUT2D eigenvalue weighted by molar-refractivity contribution is 0.265. The molecule has 0 saturated carbocycles. The molecular formula is C21H16N2O2S. The maximum atomic E-state index is 11.8. The molecule has 5 heteroatoms. The minimum absolute atomic E-state index is 0.142. The number of benzene rings is 2. The van der Waals surface area contributed by atoms with E-state index in [0.717, 1.165) is 33.7 Å². The molecule has 0 bridgehead atoms. The SMILES string of the molecule is Cc1ccc(N=C2NC(=O)S/C2=C\c2ccc(-c3ccccc3)o2)cc1. The van der Waals surface area contributed by atoms with Crippen LogP contribution in [0.2, 0.25) is 0 Å². The Hall–Kier alpha value is -3.05. The van der Waals surface area contributed by atoms with E-state index in [0.29, 0.717) is 11.6 Å². The standard InChI is InChI=1S/C21H16N2O2S/c1-14-7-9-16(10-8-14)22-20-19(26-21(24)23-20)13-17-11-12-18(25-17)15-5-3-2-4-6-15/h2-13H,1H3,(H,22,23,24)/b19-13-. The fraction of sp³-hybridized carbons (Fsp3) is 0.0476. The number of nitrogens with zero attached hydrogens (tertiary/aromatic N) is 1. The summed E-state index contributed by atoms with van der Waals surface area (Å²) >= 11 is 1.12. The van der Waals surface area contributed by atoms with Crippen molar-refractivity contribution >= 4 is 34.6 Å². The lowest BCUT2D eigenvalue weighted by atomic mass is 10.2. The number of rotatable bonds is 3. The highest BCUT2D eigenvalue weighted by molar-refractivity contribution is 8.18. The zero-order chi connectivity index (χ0) is 17.9. The van der Waals surface area contributed by atoms with Crippen LogP contribution in [0.25, 0.3) is 17.4 Å². The van der Waals surface area contributed by atoms with Gasteiger partial charge in [0.1, 0.15) is 17.4 Å². The van der Waals surface area contributed by atoms with E-state index < -0.39 is 0 Å². The van der Waals surface area contributed by atoms with Crippen molar-refractivity contribution in [3.63, 3.8) is 0 Å². The van der Waals surface area contributed by atoms with E-state index >= 15 is 0 Å². The predicted octanol–water partition coefficient (Wildman–Crippen LogP) is 5.78. The summed E-state index contributed by atoms with van der Waals surface area (Å²) in [5.74, 6) is 2.01. The molecule has 0 unspecified atom stereocenters. The van der Waals surface area contributed by atoms with Crippen LogP contribution in [0.3, 0.4) is 0 Å². The summed E-state index contributed by atoms with van der Waals surface area (Å²) in [5, 5.41) is 2.65. The third kappa shape index (κ3) is 3.63. The quantitative estimate of drug-likeness (QED) is 0.644. The molecule has 1 amide bonds. The van der Waals surface area contributed by atoms with Crippen LogP contribution in [-0.4, -0.2) is 11.1 Å². The average Bonchev–Trinajstić information content (AvgIpc) is 3.25. The van der Waals surface area contributed by atoms with Crippen LogP contribution in [0.4, 0.5) is 10.5 Å². The molecule has 1 aromatic heterocycles. The summed E-state index contributed by atoms with van der Waals surface area (Å²) in [6.07, 6.45) is 1.84. The third-order valence-corrected chi connectivity index (χ3v) is 4.71. The van der Waals surface area contributed by atoms with Crippen LogP contribution in [-0.2, 0) is 0 Å². The number of furan rings is 1. The molecule has 0 radical (unpaired) electrons. The summed E-state index contributed by atoms with van der Waals surface area (Å²) < 4.78 is 5.90. The van der Waals surface area contributed by atoms with Gasteiger partial charge in [0, 0.05) is 5.56 Å². The predicted molar refractivity (Wildman–Crippen MR) is 107 cm³/mol. The number of carbonyl (C=O) groups excluding carboxylic acids is 1. The molecule has 2 heterocycles. The molecule has 3 aromatic rings. The molecule has 1 aliphatic rings. The van der Waals surface area contributed by atoms with Gasteiger partial charge in [-0.3, -0.25) is 4.79 Å². The second-order valence-electron chi connectivity index (χ2n) is 5.89. The second kappa shape index (κ2) is 7.06. The molecule has 26 heavy (non-hydrogen) atoms. The van der Waals surface area contributed by atoms with Gasteiger partial charge in [-0.1, -0.05) is 48.0 Å². The van der Waals surface area contributed by atoms with E-state index in [1.807, 2.05) is 79.7 Å². The molecule has 1 fully saturated rings. The Bertz CT molecular complexity index is 1000. The zero-order valence-corrected chi connectivity index (χ0v) is 14.9. The Kier molecular flexibility index (Phi) is 4.46. The summed E-state index contributed by atoms with van der Waals surface area (Å²) in [7, 11) is 0. The maximum Gasteiger partial charge on any atom is 0.289 e. The highest BCUT2D eigenvalue weighted by atomic mass is 32.2. The Morgan fingerprint density at radius 1 is 1.00 bits per heavy atom. The molecule has 128 valence electrons. The Labute approximate surface area is 155 Å². The van der Waals surface area contributed by atoms with Crippen molar-refractivity contribution in [2.45, 2.75) is 6.92 Å². The summed E-state index contributed by atoms with van der Waals surface area (Å²) in [6, 6.07) is 21.5. The van der Waals surface area contributed by atoms with Gasteiger partial charge < -0.3 is 9.73 Å². The zero-order valence-electron chi connectivity index (χ0n) is 14.1. The van der Waals surface area contributed by atoms with Crippen molar-refractivity contribution in [1.29, 1.82) is 0 Å². The van der Waals surface area contributed by atoms with E-state index in [2.05, 4.69) is 10.3 Å². The lowest BCUT2D eigenvalue weighted by Crippen LogP contribution is -2.18. The van der Waals surface area contributed by atoms with E-state index in [4.69, 9.17) is 4.42 Å². The first-order valence-electron chi connectivity index (χ1n) is 8.19. The summed E-state index contributed by atoms with van der Waals surface area (Å²) in [5.41, 5.74) is 2.97. The van der Waals surface area contributed by atoms with Crippen LogP contribution in [0.5, 0.6) is 0 Å². The highest BCUT2D eigenvalue weighted by Crippen LogP contribution is 2.30. The number of amidine groups is 1. The first kappa shape index (κ1) is 16.4. The van der Waals surface area contributed by atoms with Crippen molar-refractivity contribution in [3.8, 4) is 11.3 Å². The van der Waals surface area contributed by atoms with Crippen LogP contribution in [0, 0.1) is 6.92 Å². The molecule has 1 saturated heterocycles. The fourth-order valence-corrected chi connectivity index (χ4v) is 3.29. The van der Waals surface area contributed by atoms with Gasteiger partial charge >= 0.3 is 0 Å². The lowest BCUT2D eigenvalue weighted by Gasteiger charge is -2.00. The number of aliphatic imine (C=N–C) groups is 1. The van der Waals surface area contributed by atoms with Gasteiger partial charge in [0.2, 0.25) is 0 Å². The maximum absolute atomic E-state index is 11.8. The van der Waals surface area contributed by atoms with E-state index in [9.17, 15) is 4.79 Å². The number of nitrogens with one attached hydrogen (secondary N) is 1. The number of amides is 1. The van der Waals surface area contributed by atoms with Crippen LogP contribution < -0.4 is 5.32 Å². The number of thioether (sulfide) groups is 1. The molecule has 0 spiro atoms. The smallest absolute Gasteiger partial charge is 0.289 e. The number of hydrogen-bond donors (Lipinski definition) is 1. The largest absolute Gasteiger partial charge is 0.457 e. The molecular weight excluding hydrogens is 344 g/mol. The van der Waals surface area contributed by atoms with Gasteiger partial charge in [-0.25, -0.2) is 4.99 Å². The minimum atomic E-state index is -0.142. The van der Waals surface area contributed by atoms with Crippen molar-refractivity contribution < 1.29 is 9.21 Å². The monoisotopic (exact) mass is 360 g/mol. The molecule has 1 N–H and O–H groups in total. The topological polar surface area (TPSA) is 54.6 Å². The van der Waals surface area contributed by atoms with Gasteiger partial charge in [0.05, 0.1) is 10.6 Å². The van der Waals surface area contributed by atoms with Gasteiger partial charge in [-0.15, -0.1) is 0 Å². The number of carbonyl (C=O) groups is 1. The summed E-state index contributed by atoms with van der Waals surface area (Å²) in [4.78, 5) is 17.1. The Morgan fingerprint density at radius 2 is 1.77 bits per heavy atom. The van der Waals surface area contributed by atoms with Gasteiger partial charge in [-0.05, 0) is 49.0 Å². The van der Waals surface area contributed by atoms with Crippen LogP contribution in [0.1, 0.15) is 11.3 Å². The van der Waals surface area contributed by atoms with Crippen LogP contribution >= 0.6 is 11.8 Å². The van der Waals surface area contributed by atoms with E-state index in [1.165, 1.54) is 5.56 Å². The number of aryl methyl sites for hydroxylation is 1. The van der Waals surface area contributed by atoms with Gasteiger partial charge in [0.25, 0.3) is 5.24 Å². The summed E-state index contributed by atoms with van der Waals surface area (Å²) in [6.45, 7) is 2.02. The van der Waals surface area contributed by atoms with Crippen molar-refractivity contribution in [3.05, 3.63) is 83.0 Å². The van der Waals surface area contributed by atoms with E-state index in [-0.39, 0.29) is 5.24 Å². The van der Waals surface area contributed by atoms with Gasteiger partial charge in [-0.2, -0.15) is 0 Å². The average molecular weight is 360 g/mol. The molecule has 0 atom stereocenters. The Morgan fingerprint density at radius 3 is 2.54 bits per heavy atom. The normalized spacial score (nSPS) is 17.0. The van der Waals surface area contributed by atoms with Crippen molar-refractivity contribution in [2.75, 3.05) is 0 Å². The molecule has 4 nitrogen and oxygen atoms in total. The van der Waals surface area contributed by atoms with Crippen molar-refractivity contribution in [2.24, 2.45) is 4.99 Å².